The van der Waals surface area contributed by atoms with Crippen LogP contribution in [-0.4, -0.2) is 21.2 Å². The maximum Gasteiger partial charge on any atom is 0.258 e. The molecule has 108 valence electrons. The second-order valence-electron chi connectivity index (χ2n) is 5.38. The Labute approximate surface area is 123 Å². The van der Waals surface area contributed by atoms with Crippen LogP contribution in [0.1, 0.15) is 25.4 Å². The van der Waals surface area contributed by atoms with Crippen LogP contribution >= 0.6 is 0 Å². The predicted molar refractivity (Wildman–Crippen MR) is 81.7 cm³/mol. The van der Waals surface area contributed by atoms with Gasteiger partial charge < -0.3 is 9.84 Å². The maximum atomic E-state index is 5.42. The van der Waals surface area contributed by atoms with Crippen LogP contribution in [0.2, 0.25) is 0 Å². The Kier molecular flexibility index (Phi) is 3.66. The lowest BCUT2D eigenvalue weighted by Crippen LogP contribution is -2.22. The number of fused-ring (bicyclic) bond motifs is 1. The molecule has 5 heteroatoms. The highest BCUT2D eigenvalue weighted by Gasteiger charge is 2.13. The summed E-state index contributed by atoms with van der Waals surface area (Å²) in [4.78, 5) is 9.00. The quantitative estimate of drug-likeness (QED) is 0.796. The normalized spacial score (nSPS) is 11.4. The van der Waals surface area contributed by atoms with Crippen molar-refractivity contribution in [3.8, 4) is 11.5 Å². The number of hydrogen-bond acceptors (Lipinski definition) is 5. The molecule has 2 heterocycles. The summed E-state index contributed by atoms with van der Waals surface area (Å²) in [6, 6.07) is 10.3. The summed E-state index contributed by atoms with van der Waals surface area (Å²) in [6.07, 6.45) is 0. The van der Waals surface area contributed by atoms with Gasteiger partial charge in [0.05, 0.1) is 17.6 Å². The van der Waals surface area contributed by atoms with Gasteiger partial charge in [-0.15, -0.1) is 0 Å². The van der Waals surface area contributed by atoms with E-state index in [-0.39, 0.29) is 0 Å². The minimum absolute atomic E-state index is 0.385. The topological polar surface area (TPSA) is 63.8 Å². The van der Waals surface area contributed by atoms with Crippen molar-refractivity contribution in [2.75, 3.05) is 0 Å². The molecular weight excluding hydrogens is 264 g/mol. The van der Waals surface area contributed by atoms with E-state index >= 15 is 0 Å². The molecule has 2 aromatic heterocycles. The first-order valence-electron chi connectivity index (χ1n) is 7.06. The maximum absolute atomic E-state index is 5.42. The molecule has 0 atom stereocenters. The molecule has 3 rings (SSSR count). The van der Waals surface area contributed by atoms with Gasteiger partial charge in [0, 0.05) is 17.1 Å². The van der Waals surface area contributed by atoms with E-state index < -0.39 is 0 Å². The highest BCUT2D eigenvalue weighted by Crippen LogP contribution is 2.27. The fourth-order valence-corrected chi connectivity index (χ4v) is 2.22. The van der Waals surface area contributed by atoms with Crippen molar-refractivity contribution in [1.29, 1.82) is 0 Å². The standard InChI is InChI=1S/C16H18N4O/c1-10(2)17-9-15-19-16(21-20-15)13-8-11(3)18-14-7-5-4-6-12(13)14/h4-8,10,17H,9H2,1-3H3. The van der Waals surface area contributed by atoms with Crippen LogP contribution in [0.25, 0.3) is 22.4 Å². The van der Waals surface area contributed by atoms with E-state index in [1.807, 2.05) is 37.3 Å². The van der Waals surface area contributed by atoms with Crippen LogP contribution < -0.4 is 5.32 Å². The van der Waals surface area contributed by atoms with Gasteiger partial charge in [0.15, 0.2) is 5.82 Å². The van der Waals surface area contributed by atoms with Crippen LogP contribution in [0.4, 0.5) is 0 Å². The molecule has 3 aromatic rings. The van der Waals surface area contributed by atoms with Gasteiger partial charge in [-0.3, -0.25) is 4.98 Å². The molecule has 0 saturated heterocycles. The highest BCUT2D eigenvalue weighted by atomic mass is 16.5. The smallest absolute Gasteiger partial charge is 0.258 e. The lowest BCUT2D eigenvalue weighted by molar-refractivity contribution is 0.417. The van der Waals surface area contributed by atoms with E-state index in [4.69, 9.17) is 4.52 Å². The summed E-state index contributed by atoms with van der Waals surface area (Å²) in [7, 11) is 0. The third-order valence-electron chi connectivity index (χ3n) is 3.21. The molecular formula is C16H18N4O. The Balaban J connectivity index is 2.00. The number of benzene rings is 1. The number of pyridine rings is 1. The van der Waals surface area contributed by atoms with Crippen molar-refractivity contribution < 1.29 is 4.52 Å². The molecule has 0 saturated carbocycles. The van der Waals surface area contributed by atoms with Crippen molar-refractivity contribution >= 4 is 10.9 Å². The number of aromatic nitrogens is 3. The Bertz CT molecular complexity index is 764. The van der Waals surface area contributed by atoms with E-state index in [2.05, 4.69) is 34.3 Å². The van der Waals surface area contributed by atoms with E-state index in [0.717, 1.165) is 22.2 Å². The molecule has 0 amide bonds. The third-order valence-corrected chi connectivity index (χ3v) is 3.21. The molecule has 0 aliphatic heterocycles. The Hall–Kier alpha value is -2.27. The summed E-state index contributed by atoms with van der Waals surface area (Å²) in [5, 5.41) is 8.33. The first kappa shape index (κ1) is 13.7. The van der Waals surface area contributed by atoms with Crippen molar-refractivity contribution in [3.05, 3.63) is 41.9 Å². The SMILES string of the molecule is Cc1cc(-c2nc(CNC(C)C)no2)c2ccccc2n1. The largest absolute Gasteiger partial charge is 0.334 e. The Morgan fingerprint density at radius 1 is 1.19 bits per heavy atom. The highest BCUT2D eigenvalue weighted by molar-refractivity contribution is 5.92. The minimum Gasteiger partial charge on any atom is -0.334 e. The zero-order chi connectivity index (χ0) is 14.8. The number of nitrogens with zero attached hydrogens (tertiary/aromatic N) is 3. The van der Waals surface area contributed by atoms with E-state index in [1.165, 1.54) is 0 Å². The number of para-hydroxylation sites is 1. The predicted octanol–water partition coefficient (Wildman–Crippen LogP) is 3.09. The molecule has 21 heavy (non-hydrogen) atoms. The summed E-state index contributed by atoms with van der Waals surface area (Å²) in [5.41, 5.74) is 2.80. The van der Waals surface area contributed by atoms with Gasteiger partial charge in [0.25, 0.3) is 5.89 Å². The van der Waals surface area contributed by atoms with Gasteiger partial charge in [-0.2, -0.15) is 4.98 Å². The van der Waals surface area contributed by atoms with Crippen LogP contribution in [-0.2, 0) is 6.54 Å². The third kappa shape index (κ3) is 2.92. The number of rotatable bonds is 4. The fourth-order valence-electron chi connectivity index (χ4n) is 2.22. The zero-order valence-corrected chi connectivity index (χ0v) is 12.4. The summed E-state index contributed by atoms with van der Waals surface area (Å²) < 4.78 is 5.42. The number of aryl methyl sites for hydroxylation is 1. The molecule has 0 aliphatic rings. The van der Waals surface area contributed by atoms with Gasteiger partial charge in [-0.25, -0.2) is 0 Å². The molecule has 0 spiro atoms. The summed E-state index contributed by atoms with van der Waals surface area (Å²) >= 11 is 0. The van der Waals surface area contributed by atoms with Crippen LogP contribution in [0.15, 0.2) is 34.9 Å². The minimum atomic E-state index is 0.385. The van der Waals surface area contributed by atoms with Gasteiger partial charge >= 0.3 is 0 Å². The molecule has 1 aromatic carbocycles. The van der Waals surface area contributed by atoms with E-state index in [1.54, 1.807) is 0 Å². The van der Waals surface area contributed by atoms with Gasteiger partial charge in [0.1, 0.15) is 0 Å². The fraction of sp³-hybridized carbons (Fsp3) is 0.312. The van der Waals surface area contributed by atoms with Gasteiger partial charge in [-0.1, -0.05) is 37.2 Å². The molecule has 1 N–H and O–H groups in total. The first-order valence-corrected chi connectivity index (χ1v) is 7.06. The monoisotopic (exact) mass is 282 g/mol. The van der Waals surface area contributed by atoms with Crippen molar-refractivity contribution in [2.45, 2.75) is 33.4 Å². The zero-order valence-electron chi connectivity index (χ0n) is 12.4. The second-order valence-corrected chi connectivity index (χ2v) is 5.38. The molecule has 0 radical (unpaired) electrons. The van der Waals surface area contributed by atoms with Crippen molar-refractivity contribution in [3.63, 3.8) is 0 Å². The summed E-state index contributed by atoms with van der Waals surface area (Å²) in [5.74, 6) is 1.20. The van der Waals surface area contributed by atoms with Crippen molar-refractivity contribution in [2.24, 2.45) is 0 Å². The first-order chi connectivity index (χ1) is 10.1. The molecule has 0 aliphatic carbocycles. The number of nitrogens with one attached hydrogen (secondary N) is 1. The lowest BCUT2D eigenvalue weighted by atomic mass is 10.1. The van der Waals surface area contributed by atoms with E-state index in [9.17, 15) is 0 Å². The average Bonchev–Trinajstić information content (AvgIpc) is 2.93. The van der Waals surface area contributed by atoms with Crippen LogP contribution in [0, 0.1) is 6.92 Å². The van der Waals surface area contributed by atoms with Crippen LogP contribution in [0.3, 0.4) is 0 Å². The van der Waals surface area contributed by atoms with Crippen molar-refractivity contribution in [1.82, 2.24) is 20.4 Å². The number of hydrogen-bond donors (Lipinski definition) is 1. The lowest BCUT2D eigenvalue weighted by Gasteiger charge is -2.04. The van der Waals surface area contributed by atoms with E-state index in [0.29, 0.717) is 24.3 Å². The second kappa shape index (κ2) is 5.61. The summed E-state index contributed by atoms with van der Waals surface area (Å²) in [6.45, 7) is 6.73. The average molecular weight is 282 g/mol. The molecule has 0 unspecified atom stereocenters. The molecule has 0 fully saturated rings. The molecule has 5 nitrogen and oxygen atoms in total. The van der Waals surface area contributed by atoms with Gasteiger partial charge in [-0.05, 0) is 19.1 Å². The molecule has 0 bridgehead atoms. The Morgan fingerprint density at radius 3 is 2.81 bits per heavy atom. The van der Waals surface area contributed by atoms with Gasteiger partial charge in [0.2, 0.25) is 0 Å². The Morgan fingerprint density at radius 2 is 2.00 bits per heavy atom. The van der Waals surface area contributed by atoms with Crippen LogP contribution in [0.5, 0.6) is 0 Å².